The summed E-state index contributed by atoms with van der Waals surface area (Å²) in [6.45, 7) is 2.22. The quantitative estimate of drug-likeness (QED) is 0.779. The van der Waals surface area contributed by atoms with E-state index in [1.807, 2.05) is 26.1 Å². The molecule has 1 amide bonds. The number of fused-ring (bicyclic) bond motifs is 2. The van der Waals surface area contributed by atoms with Crippen LogP contribution in [0.25, 0.3) is 10.9 Å². The fourth-order valence-corrected chi connectivity index (χ4v) is 3.59. The topological polar surface area (TPSA) is 81.8 Å². The third kappa shape index (κ3) is 2.79. The van der Waals surface area contributed by atoms with Gasteiger partial charge in [-0.3, -0.25) is 18.8 Å². The average Bonchev–Trinajstić information content (AvgIpc) is 3.17. The van der Waals surface area contributed by atoms with Gasteiger partial charge in [-0.05, 0) is 37.8 Å². The minimum Gasteiger partial charge on any atom is -0.311 e. The van der Waals surface area contributed by atoms with Crippen molar-refractivity contribution in [3.8, 4) is 0 Å². The summed E-state index contributed by atoms with van der Waals surface area (Å²) >= 11 is 0. The molecule has 1 N–H and O–H groups in total. The summed E-state index contributed by atoms with van der Waals surface area (Å²) in [6.07, 6.45) is 4.73. The molecule has 0 atom stereocenters. The second kappa shape index (κ2) is 6.40. The van der Waals surface area contributed by atoms with Crippen molar-refractivity contribution >= 4 is 22.6 Å². The summed E-state index contributed by atoms with van der Waals surface area (Å²) < 4.78 is 3.23. The summed E-state index contributed by atoms with van der Waals surface area (Å²) in [5.41, 5.74) is 3.78. The predicted molar refractivity (Wildman–Crippen MR) is 99.2 cm³/mol. The Balaban J connectivity index is 1.49. The number of carbonyl (C=O) groups is 1. The molecule has 0 saturated carbocycles. The van der Waals surface area contributed by atoms with Crippen LogP contribution >= 0.6 is 0 Å². The molecule has 7 heteroatoms. The number of rotatable bonds is 4. The van der Waals surface area contributed by atoms with Gasteiger partial charge in [0.1, 0.15) is 5.82 Å². The Hall–Kier alpha value is -2.96. The Labute approximate surface area is 150 Å². The molecule has 1 aromatic carbocycles. The lowest BCUT2D eigenvalue weighted by Gasteiger charge is -2.09. The zero-order valence-electron chi connectivity index (χ0n) is 15.0. The van der Waals surface area contributed by atoms with Crippen LogP contribution in [0.1, 0.15) is 29.7 Å². The van der Waals surface area contributed by atoms with E-state index in [0.717, 1.165) is 41.9 Å². The standard InChI is InChI=1S/C19H21N5O2/c1-12-5-3-7-14-17(12)20-11-24(19(14)26)10-9-16(25)21-18-13-6-4-8-15(13)22-23(18)2/h3,5,7,11H,4,6,8-10H2,1-2H3,(H,21,25). The van der Waals surface area contributed by atoms with Crippen LogP contribution in [0.15, 0.2) is 29.3 Å². The summed E-state index contributed by atoms with van der Waals surface area (Å²) in [5, 5.41) is 7.99. The number of anilines is 1. The number of carbonyl (C=O) groups excluding carboxylic acids is 1. The zero-order valence-corrected chi connectivity index (χ0v) is 15.0. The SMILES string of the molecule is Cc1cccc2c(=O)n(CCC(=O)Nc3c4c(nn3C)CCC4)cnc12. The van der Waals surface area contributed by atoms with Crippen molar-refractivity contribution in [3.05, 3.63) is 51.7 Å². The molecular formula is C19H21N5O2. The van der Waals surface area contributed by atoms with E-state index in [0.29, 0.717) is 17.4 Å². The third-order valence-electron chi connectivity index (χ3n) is 4.96. The number of nitrogens with one attached hydrogen (secondary N) is 1. The number of aromatic nitrogens is 4. The molecular weight excluding hydrogens is 330 g/mol. The second-order valence-corrected chi connectivity index (χ2v) is 6.76. The first kappa shape index (κ1) is 16.5. The van der Waals surface area contributed by atoms with Crippen molar-refractivity contribution in [2.75, 3.05) is 5.32 Å². The van der Waals surface area contributed by atoms with Crippen LogP contribution in [-0.4, -0.2) is 25.2 Å². The third-order valence-corrected chi connectivity index (χ3v) is 4.96. The maximum Gasteiger partial charge on any atom is 0.261 e. The molecule has 0 saturated heterocycles. The van der Waals surface area contributed by atoms with E-state index in [9.17, 15) is 9.59 Å². The lowest BCUT2D eigenvalue weighted by atomic mass is 10.1. The summed E-state index contributed by atoms with van der Waals surface area (Å²) in [7, 11) is 1.84. The predicted octanol–water partition coefficient (Wildman–Crippen LogP) is 1.96. The lowest BCUT2D eigenvalue weighted by Crippen LogP contribution is -2.24. The van der Waals surface area contributed by atoms with E-state index >= 15 is 0 Å². The molecule has 4 rings (SSSR count). The van der Waals surface area contributed by atoms with Crippen molar-refractivity contribution < 1.29 is 4.79 Å². The normalized spacial score (nSPS) is 13.2. The molecule has 2 aromatic heterocycles. The van der Waals surface area contributed by atoms with Crippen molar-refractivity contribution in [3.63, 3.8) is 0 Å². The number of benzene rings is 1. The van der Waals surface area contributed by atoms with E-state index in [-0.39, 0.29) is 17.9 Å². The van der Waals surface area contributed by atoms with Crippen LogP contribution in [0.2, 0.25) is 0 Å². The molecule has 2 heterocycles. The van der Waals surface area contributed by atoms with Crippen molar-refractivity contribution in [2.24, 2.45) is 7.05 Å². The molecule has 0 spiro atoms. The number of hydrogen-bond donors (Lipinski definition) is 1. The highest BCUT2D eigenvalue weighted by atomic mass is 16.2. The number of nitrogens with zero attached hydrogens (tertiary/aromatic N) is 4. The molecule has 1 aliphatic carbocycles. The van der Waals surface area contributed by atoms with Gasteiger partial charge in [0.05, 0.1) is 22.9 Å². The van der Waals surface area contributed by atoms with E-state index < -0.39 is 0 Å². The molecule has 0 bridgehead atoms. The smallest absolute Gasteiger partial charge is 0.261 e. The summed E-state index contributed by atoms with van der Waals surface area (Å²) in [4.78, 5) is 29.3. The van der Waals surface area contributed by atoms with Crippen molar-refractivity contribution in [1.82, 2.24) is 19.3 Å². The summed E-state index contributed by atoms with van der Waals surface area (Å²) in [6, 6.07) is 5.55. The van der Waals surface area contributed by atoms with Gasteiger partial charge in [0.15, 0.2) is 0 Å². The van der Waals surface area contributed by atoms with Gasteiger partial charge in [0, 0.05) is 25.6 Å². The Kier molecular flexibility index (Phi) is 4.06. The van der Waals surface area contributed by atoms with Crippen LogP contribution in [-0.2, 0) is 31.2 Å². The van der Waals surface area contributed by atoms with E-state index in [2.05, 4.69) is 15.4 Å². The Bertz CT molecular complexity index is 1060. The molecule has 134 valence electrons. The monoisotopic (exact) mass is 351 g/mol. The van der Waals surface area contributed by atoms with Gasteiger partial charge in [-0.2, -0.15) is 5.10 Å². The maximum atomic E-state index is 12.6. The fourth-order valence-electron chi connectivity index (χ4n) is 3.59. The van der Waals surface area contributed by atoms with Crippen molar-refractivity contribution in [2.45, 2.75) is 39.2 Å². The Morgan fingerprint density at radius 3 is 3.00 bits per heavy atom. The molecule has 1 aliphatic rings. The molecule has 0 aliphatic heterocycles. The first-order valence-corrected chi connectivity index (χ1v) is 8.84. The van der Waals surface area contributed by atoms with Crippen LogP contribution in [0.5, 0.6) is 0 Å². The fraction of sp³-hybridized carbons (Fsp3) is 0.368. The lowest BCUT2D eigenvalue weighted by molar-refractivity contribution is -0.116. The van der Waals surface area contributed by atoms with Crippen LogP contribution < -0.4 is 10.9 Å². The Morgan fingerprint density at radius 1 is 1.31 bits per heavy atom. The first-order valence-electron chi connectivity index (χ1n) is 8.84. The second-order valence-electron chi connectivity index (χ2n) is 6.76. The van der Waals surface area contributed by atoms with E-state index in [4.69, 9.17) is 0 Å². The van der Waals surface area contributed by atoms with Crippen molar-refractivity contribution in [1.29, 1.82) is 0 Å². The number of aryl methyl sites for hydroxylation is 4. The van der Waals surface area contributed by atoms with Gasteiger partial charge in [-0.1, -0.05) is 12.1 Å². The molecule has 7 nitrogen and oxygen atoms in total. The van der Waals surface area contributed by atoms with Gasteiger partial charge >= 0.3 is 0 Å². The number of hydrogen-bond acceptors (Lipinski definition) is 4. The molecule has 3 aromatic rings. The first-order chi connectivity index (χ1) is 12.5. The van der Waals surface area contributed by atoms with E-state index in [1.165, 1.54) is 10.9 Å². The van der Waals surface area contributed by atoms with Crippen LogP contribution in [0.4, 0.5) is 5.82 Å². The van der Waals surface area contributed by atoms with Gasteiger partial charge < -0.3 is 5.32 Å². The molecule has 0 unspecified atom stereocenters. The molecule has 0 radical (unpaired) electrons. The van der Waals surface area contributed by atoms with Gasteiger partial charge in [-0.15, -0.1) is 0 Å². The van der Waals surface area contributed by atoms with Crippen LogP contribution in [0.3, 0.4) is 0 Å². The van der Waals surface area contributed by atoms with Gasteiger partial charge in [0.25, 0.3) is 5.56 Å². The number of amides is 1. The minimum absolute atomic E-state index is 0.118. The maximum absolute atomic E-state index is 12.6. The average molecular weight is 351 g/mol. The molecule has 0 fully saturated rings. The minimum atomic E-state index is -0.126. The van der Waals surface area contributed by atoms with Gasteiger partial charge in [0.2, 0.25) is 5.91 Å². The summed E-state index contributed by atoms with van der Waals surface area (Å²) in [5.74, 6) is 0.654. The van der Waals surface area contributed by atoms with Gasteiger partial charge in [-0.25, -0.2) is 4.98 Å². The zero-order chi connectivity index (χ0) is 18.3. The highest BCUT2D eigenvalue weighted by molar-refractivity contribution is 5.90. The largest absolute Gasteiger partial charge is 0.311 e. The van der Waals surface area contributed by atoms with Crippen LogP contribution in [0, 0.1) is 6.92 Å². The highest BCUT2D eigenvalue weighted by Crippen LogP contribution is 2.28. The highest BCUT2D eigenvalue weighted by Gasteiger charge is 2.22. The number of para-hydroxylation sites is 1. The Morgan fingerprint density at radius 2 is 2.15 bits per heavy atom. The van der Waals surface area contributed by atoms with E-state index in [1.54, 1.807) is 10.7 Å². The molecule has 26 heavy (non-hydrogen) atoms.